The van der Waals surface area contributed by atoms with E-state index in [4.69, 9.17) is 4.18 Å². The molecule has 8 nitrogen and oxygen atoms in total. The van der Waals surface area contributed by atoms with Gasteiger partial charge in [-0.05, 0) is 37.8 Å². The Morgan fingerprint density at radius 3 is 2.41 bits per heavy atom. The van der Waals surface area contributed by atoms with Crippen LogP contribution in [0.4, 0.5) is 0 Å². The smallest absolute Gasteiger partial charge is 0.297 e. The summed E-state index contributed by atoms with van der Waals surface area (Å²) in [5.41, 5.74) is -1.36. The largest absolute Gasteiger partial charge is 0.336 e. The maximum absolute atomic E-state index is 13.0. The van der Waals surface area contributed by atoms with Crippen LogP contribution in [0.5, 0.6) is 0 Å². The van der Waals surface area contributed by atoms with E-state index >= 15 is 0 Å². The number of carbonyl (C=O) groups excluding carboxylic acids is 2. The van der Waals surface area contributed by atoms with Crippen molar-refractivity contribution in [3.8, 4) is 6.07 Å². The van der Waals surface area contributed by atoms with Crippen molar-refractivity contribution in [1.29, 1.82) is 5.26 Å². The summed E-state index contributed by atoms with van der Waals surface area (Å²) >= 11 is 0. The van der Waals surface area contributed by atoms with Gasteiger partial charge < -0.3 is 10.2 Å². The van der Waals surface area contributed by atoms with Crippen molar-refractivity contribution >= 4 is 21.9 Å². The van der Waals surface area contributed by atoms with Crippen molar-refractivity contribution in [3.05, 3.63) is 30.3 Å². The predicted molar refractivity (Wildman–Crippen MR) is 102 cm³/mol. The van der Waals surface area contributed by atoms with Crippen molar-refractivity contribution in [3.63, 3.8) is 0 Å². The Labute approximate surface area is 169 Å². The summed E-state index contributed by atoms with van der Waals surface area (Å²) in [4.78, 5) is 27.3. The summed E-state index contributed by atoms with van der Waals surface area (Å²) in [5, 5.41) is 12.0. The zero-order valence-electron chi connectivity index (χ0n) is 16.1. The molecule has 4 rings (SSSR count). The van der Waals surface area contributed by atoms with Crippen molar-refractivity contribution in [2.24, 2.45) is 5.41 Å². The van der Waals surface area contributed by atoms with Gasteiger partial charge in [-0.1, -0.05) is 25.1 Å². The molecule has 9 heteroatoms. The molecule has 1 heterocycles. The third-order valence-corrected chi connectivity index (χ3v) is 7.34. The average Bonchev–Trinajstić information content (AvgIpc) is 3.61. The van der Waals surface area contributed by atoms with Crippen LogP contribution < -0.4 is 5.32 Å². The number of nitrogens with zero attached hydrogens (tertiary/aromatic N) is 2. The van der Waals surface area contributed by atoms with E-state index in [0.29, 0.717) is 12.8 Å². The molecule has 0 unspecified atom stereocenters. The first-order chi connectivity index (χ1) is 13.7. The van der Waals surface area contributed by atoms with Crippen LogP contribution in [0.25, 0.3) is 0 Å². The molecule has 1 saturated heterocycles. The molecule has 154 valence electrons. The van der Waals surface area contributed by atoms with Crippen LogP contribution >= 0.6 is 0 Å². The molecule has 2 atom stereocenters. The standard InChI is InChI=1S/C20H23N3O5S/c1-19(7-8-19)18(25)23-12-14(28-29(26,27)15-5-3-2-4-6-15)11-16(23)17(24)22-20(13-21)9-10-20/h2-6,14,16H,7-12H2,1H3,(H,22,24)/t14-,16-/m0/s1. The van der Waals surface area contributed by atoms with E-state index in [-0.39, 0.29) is 23.8 Å². The van der Waals surface area contributed by atoms with E-state index in [1.54, 1.807) is 18.2 Å². The van der Waals surface area contributed by atoms with Gasteiger partial charge in [0.15, 0.2) is 0 Å². The second kappa shape index (κ2) is 6.82. The lowest BCUT2D eigenvalue weighted by Crippen LogP contribution is -2.50. The quantitative estimate of drug-likeness (QED) is 0.698. The molecule has 3 aliphatic rings. The first kappa shape index (κ1) is 19.9. The minimum absolute atomic E-state index is 0.0259. The van der Waals surface area contributed by atoms with Gasteiger partial charge in [-0.15, -0.1) is 0 Å². The average molecular weight is 417 g/mol. The molecular weight excluding hydrogens is 394 g/mol. The molecule has 0 aromatic heterocycles. The Balaban J connectivity index is 1.53. The third kappa shape index (κ3) is 3.87. The molecule has 29 heavy (non-hydrogen) atoms. The molecule has 0 bridgehead atoms. The normalized spacial score (nSPS) is 26.4. The van der Waals surface area contributed by atoms with Crippen LogP contribution in [0.2, 0.25) is 0 Å². The summed E-state index contributed by atoms with van der Waals surface area (Å²) in [6.45, 7) is 1.87. The second-order valence-electron chi connectivity index (χ2n) is 8.44. The van der Waals surface area contributed by atoms with E-state index in [0.717, 1.165) is 12.8 Å². The number of hydrogen-bond acceptors (Lipinski definition) is 6. The Morgan fingerprint density at radius 2 is 1.86 bits per heavy atom. The van der Waals surface area contributed by atoms with E-state index < -0.39 is 39.1 Å². The Bertz CT molecular complexity index is 977. The number of amides is 2. The fourth-order valence-corrected chi connectivity index (χ4v) is 4.72. The lowest BCUT2D eigenvalue weighted by atomic mass is 10.1. The highest BCUT2D eigenvalue weighted by molar-refractivity contribution is 7.86. The number of nitrogens with one attached hydrogen (secondary N) is 1. The van der Waals surface area contributed by atoms with Gasteiger partial charge in [-0.25, -0.2) is 0 Å². The van der Waals surface area contributed by atoms with Crippen LogP contribution in [0, 0.1) is 16.7 Å². The van der Waals surface area contributed by atoms with Gasteiger partial charge >= 0.3 is 0 Å². The molecule has 0 spiro atoms. The highest BCUT2D eigenvalue weighted by Crippen LogP contribution is 2.48. The molecule has 0 radical (unpaired) electrons. The number of hydrogen-bond donors (Lipinski definition) is 1. The van der Waals surface area contributed by atoms with E-state index in [1.165, 1.54) is 17.0 Å². The van der Waals surface area contributed by atoms with Gasteiger partial charge in [0.05, 0.1) is 17.1 Å². The fraction of sp³-hybridized carbons (Fsp3) is 0.550. The predicted octanol–water partition coefficient (Wildman–Crippen LogP) is 1.33. The highest BCUT2D eigenvalue weighted by Gasteiger charge is 2.54. The maximum atomic E-state index is 13.0. The first-order valence-electron chi connectivity index (χ1n) is 9.71. The monoisotopic (exact) mass is 417 g/mol. The van der Waals surface area contributed by atoms with Crippen LogP contribution in [0.3, 0.4) is 0 Å². The van der Waals surface area contributed by atoms with Crippen molar-refractivity contribution in [2.75, 3.05) is 6.54 Å². The SMILES string of the molecule is CC1(C(=O)N2C[C@@H](OS(=O)(=O)c3ccccc3)C[C@H]2C(=O)NC2(C#N)CC2)CC1. The Kier molecular flexibility index (Phi) is 4.67. The molecule has 2 aliphatic carbocycles. The van der Waals surface area contributed by atoms with Crippen LogP contribution in [0.1, 0.15) is 39.0 Å². The second-order valence-corrected chi connectivity index (χ2v) is 10.0. The minimum Gasteiger partial charge on any atom is -0.336 e. The molecule has 1 aliphatic heterocycles. The van der Waals surface area contributed by atoms with Gasteiger partial charge in [0.2, 0.25) is 11.8 Å². The molecule has 1 aromatic rings. The fourth-order valence-electron chi connectivity index (χ4n) is 3.62. The number of carbonyl (C=O) groups is 2. The number of nitriles is 1. The highest BCUT2D eigenvalue weighted by atomic mass is 32.2. The molecule has 1 N–H and O–H groups in total. The summed E-state index contributed by atoms with van der Waals surface area (Å²) in [5.74, 6) is -0.590. The molecule has 1 aromatic carbocycles. The van der Waals surface area contributed by atoms with Gasteiger partial charge in [0.25, 0.3) is 10.1 Å². The minimum atomic E-state index is -4.01. The summed E-state index contributed by atoms with van der Waals surface area (Å²) in [6, 6.07) is 9.03. The summed E-state index contributed by atoms with van der Waals surface area (Å²) in [7, 11) is -4.01. The summed E-state index contributed by atoms with van der Waals surface area (Å²) in [6.07, 6.45) is 1.89. The molecular formula is C20H23N3O5S. The lowest BCUT2D eigenvalue weighted by molar-refractivity contribution is -0.142. The van der Waals surface area contributed by atoms with Crippen LogP contribution in [-0.2, 0) is 23.9 Å². The third-order valence-electron chi connectivity index (χ3n) is 5.96. The van der Waals surface area contributed by atoms with Crippen molar-refractivity contribution < 1.29 is 22.2 Å². The van der Waals surface area contributed by atoms with Crippen LogP contribution in [-0.4, -0.2) is 49.4 Å². The van der Waals surface area contributed by atoms with E-state index in [9.17, 15) is 23.3 Å². The van der Waals surface area contributed by atoms with E-state index in [1.807, 2.05) is 6.92 Å². The Morgan fingerprint density at radius 1 is 1.21 bits per heavy atom. The molecule has 2 amide bonds. The van der Waals surface area contributed by atoms with Gasteiger partial charge in [-0.3, -0.25) is 13.8 Å². The lowest BCUT2D eigenvalue weighted by Gasteiger charge is -2.27. The Hall–Kier alpha value is -2.44. The van der Waals surface area contributed by atoms with E-state index in [2.05, 4.69) is 11.4 Å². The summed E-state index contributed by atoms with van der Waals surface area (Å²) < 4.78 is 30.5. The first-order valence-corrected chi connectivity index (χ1v) is 11.1. The zero-order valence-corrected chi connectivity index (χ0v) is 16.9. The van der Waals surface area contributed by atoms with Gasteiger partial charge in [-0.2, -0.15) is 13.7 Å². The van der Waals surface area contributed by atoms with Crippen LogP contribution in [0.15, 0.2) is 35.2 Å². The molecule has 3 fully saturated rings. The van der Waals surface area contributed by atoms with Gasteiger partial charge in [0.1, 0.15) is 11.6 Å². The number of likely N-dealkylation sites (tertiary alicyclic amines) is 1. The zero-order chi connectivity index (χ0) is 20.9. The van der Waals surface area contributed by atoms with Crippen molar-refractivity contribution in [1.82, 2.24) is 10.2 Å². The maximum Gasteiger partial charge on any atom is 0.297 e. The topological polar surface area (TPSA) is 117 Å². The number of benzene rings is 1. The number of rotatable bonds is 6. The molecule has 2 saturated carbocycles. The van der Waals surface area contributed by atoms with Gasteiger partial charge in [0, 0.05) is 18.4 Å². The van der Waals surface area contributed by atoms with Crippen molar-refractivity contribution in [2.45, 2.75) is 61.6 Å².